The molecule has 6 nitrogen and oxygen atoms in total. The van der Waals surface area contributed by atoms with E-state index in [1.165, 1.54) is 18.2 Å². The number of nitrogens with one attached hydrogen (secondary N) is 1. The highest BCUT2D eigenvalue weighted by molar-refractivity contribution is 5.67. The van der Waals surface area contributed by atoms with Crippen molar-refractivity contribution >= 4 is 6.09 Å². The van der Waals surface area contributed by atoms with Crippen LogP contribution in [0.3, 0.4) is 0 Å². The lowest BCUT2D eigenvalue weighted by molar-refractivity contribution is 0.0524. The molecule has 0 spiro atoms. The van der Waals surface area contributed by atoms with E-state index in [-0.39, 0.29) is 18.0 Å². The quantitative estimate of drug-likeness (QED) is 0.623. The Balaban J connectivity index is 2.58. The van der Waals surface area contributed by atoms with Gasteiger partial charge >= 0.3 is 6.09 Å². The van der Waals surface area contributed by atoms with Gasteiger partial charge in [0.15, 0.2) is 0 Å². The molecule has 0 radical (unpaired) electrons. The summed E-state index contributed by atoms with van der Waals surface area (Å²) in [6.45, 7) is 5.36. The van der Waals surface area contributed by atoms with E-state index in [9.17, 15) is 15.0 Å². The maximum Gasteiger partial charge on any atom is 0.407 e. The predicted octanol–water partition coefficient (Wildman–Crippen LogP) is 1.62. The van der Waals surface area contributed by atoms with E-state index >= 15 is 0 Å². The monoisotopic (exact) mass is 268 g/mol. The topological polar surface area (TPSA) is 105 Å². The van der Waals surface area contributed by atoms with Gasteiger partial charge in [0.1, 0.15) is 17.1 Å². The van der Waals surface area contributed by atoms with Crippen LogP contribution in [0.25, 0.3) is 0 Å². The van der Waals surface area contributed by atoms with Gasteiger partial charge in [-0.1, -0.05) is 0 Å². The fraction of sp³-hybridized carbons (Fsp3) is 0.462. The van der Waals surface area contributed by atoms with Gasteiger partial charge in [-0.25, -0.2) is 4.79 Å². The zero-order valence-corrected chi connectivity index (χ0v) is 11.3. The van der Waals surface area contributed by atoms with Crippen LogP contribution >= 0.6 is 0 Å². The van der Waals surface area contributed by atoms with Gasteiger partial charge in [-0.15, -0.1) is 0 Å². The van der Waals surface area contributed by atoms with Crippen LogP contribution in [0, 0.1) is 0 Å². The van der Waals surface area contributed by atoms with Crippen molar-refractivity contribution in [3.05, 3.63) is 23.8 Å². The molecule has 0 bridgehead atoms. The van der Waals surface area contributed by atoms with Crippen molar-refractivity contribution in [3.8, 4) is 11.5 Å². The molecule has 0 aromatic heterocycles. The summed E-state index contributed by atoms with van der Waals surface area (Å²) in [5, 5.41) is 21.5. The molecule has 19 heavy (non-hydrogen) atoms. The molecule has 1 atom stereocenters. The Kier molecular flexibility index (Phi) is 4.61. The summed E-state index contributed by atoms with van der Waals surface area (Å²) in [6, 6.07) is 3.42. The second-order valence-electron chi connectivity index (χ2n) is 5.23. The van der Waals surface area contributed by atoms with Gasteiger partial charge in [0.2, 0.25) is 0 Å². The number of phenolic OH excluding ortho intramolecular Hbond substituents is 2. The van der Waals surface area contributed by atoms with Crippen molar-refractivity contribution in [2.75, 3.05) is 6.54 Å². The van der Waals surface area contributed by atoms with Gasteiger partial charge in [-0.3, -0.25) is 0 Å². The van der Waals surface area contributed by atoms with E-state index in [1.54, 1.807) is 20.8 Å². The highest BCUT2D eigenvalue weighted by atomic mass is 16.6. The first kappa shape index (κ1) is 15.1. The van der Waals surface area contributed by atoms with Crippen molar-refractivity contribution in [1.29, 1.82) is 0 Å². The molecule has 1 unspecified atom stereocenters. The van der Waals surface area contributed by atoms with E-state index < -0.39 is 17.7 Å². The molecule has 0 fully saturated rings. The minimum absolute atomic E-state index is 0.000480. The summed E-state index contributed by atoms with van der Waals surface area (Å²) in [5.74, 6) is -0.0307. The number of carbonyl (C=O) groups is 1. The van der Waals surface area contributed by atoms with Crippen LogP contribution in [0.1, 0.15) is 32.4 Å². The summed E-state index contributed by atoms with van der Waals surface area (Å²) in [5.41, 5.74) is 5.61. The maximum atomic E-state index is 11.4. The fourth-order valence-corrected chi connectivity index (χ4v) is 1.46. The van der Waals surface area contributed by atoms with Crippen LogP contribution in [-0.2, 0) is 4.74 Å². The smallest absolute Gasteiger partial charge is 0.407 e. The first-order valence-corrected chi connectivity index (χ1v) is 5.93. The molecule has 1 aromatic carbocycles. The van der Waals surface area contributed by atoms with Crippen LogP contribution in [0.15, 0.2) is 18.2 Å². The van der Waals surface area contributed by atoms with E-state index in [2.05, 4.69) is 5.32 Å². The van der Waals surface area contributed by atoms with Crippen LogP contribution in [-0.4, -0.2) is 28.5 Å². The van der Waals surface area contributed by atoms with Gasteiger partial charge in [-0.2, -0.15) is 0 Å². The maximum absolute atomic E-state index is 11.4. The average molecular weight is 268 g/mol. The van der Waals surface area contributed by atoms with Crippen LogP contribution in [0.2, 0.25) is 0 Å². The molecule has 0 aliphatic heterocycles. The highest BCUT2D eigenvalue weighted by Crippen LogP contribution is 2.26. The SMILES string of the molecule is CC(C)(C)OC(=O)NCC(N)c1cc(O)ccc1O. The molecular weight excluding hydrogens is 248 g/mol. The molecule has 1 rings (SSSR count). The van der Waals surface area contributed by atoms with Crippen molar-refractivity contribution < 1.29 is 19.7 Å². The number of hydrogen-bond acceptors (Lipinski definition) is 5. The lowest BCUT2D eigenvalue weighted by Gasteiger charge is -2.21. The number of nitrogens with two attached hydrogens (primary N) is 1. The van der Waals surface area contributed by atoms with Gasteiger partial charge in [0.25, 0.3) is 0 Å². The largest absolute Gasteiger partial charge is 0.508 e. The number of carbonyl (C=O) groups excluding carboxylic acids is 1. The molecule has 5 N–H and O–H groups in total. The Hall–Kier alpha value is -1.95. The van der Waals surface area contributed by atoms with Crippen LogP contribution in [0.5, 0.6) is 11.5 Å². The Morgan fingerprint density at radius 2 is 2.05 bits per heavy atom. The van der Waals surface area contributed by atoms with E-state index in [0.29, 0.717) is 5.56 Å². The molecule has 0 saturated carbocycles. The minimum Gasteiger partial charge on any atom is -0.508 e. The Morgan fingerprint density at radius 1 is 1.42 bits per heavy atom. The number of amides is 1. The molecule has 0 saturated heterocycles. The summed E-state index contributed by atoms with van der Waals surface area (Å²) in [7, 11) is 0. The van der Waals surface area contributed by atoms with E-state index in [4.69, 9.17) is 10.5 Å². The first-order valence-electron chi connectivity index (χ1n) is 5.93. The normalized spacial score (nSPS) is 12.8. The van der Waals surface area contributed by atoms with Gasteiger partial charge in [0.05, 0.1) is 6.04 Å². The lowest BCUT2D eigenvalue weighted by Crippen LogP contribution is -2.36. The summed E-state index contributed by atoms with van der Waals surface area (Å²) in [4.78, 5) is 11.4. The number of benzene rings is 1. The third-order valence-electron chi connectivity index (χ3n) is 2.28. The number of hydrogen-bond donors (Lipinski definition) is 4. The van der Waals surface area contributed by atoms with Crippen LogP contribution < -0.4 is 11.1 Å². The first-order chi connectivity index (χ1) is 8.69. The highest BCUT2D eigenvalue weighted by Gasteiger charge is 2.18. The third-order valence-corrected chi connectivity index (χ3v) is 2.28. The number of alkyl carbamates (subject to hydrolysis) is 1. The zero-order chi connectivity index (χ0) is 14.6. The van der Waals surface area contributed by atoms with Crippen LogP contribution in [0.4, 0.5) is 4.79 Å². The minimum atomic E-state index is -0.639. The average Bonchev–Trinajstić information content (AvgIpc) is 2.27. The van der Waals surface area contributed by atoms with Crippen molar-refractivity contribution in [2.24, 2.45) is 5.73 Å². The summed E-state index contributed by atoms with van der Waals surface area (Å²) in [6.07, 6.45) is -0.581. The Morgan fingerprint density at radius 3 is 2.63 bits per heavy atom. The molecule has 6 heteroatoms. The molecule has 0 aliphatic rings. The molecule has 1 aromatic rings. The Labute approximate surface area is 112 Å². The molecule has 0 heterocycles. The second kappa shape index (κ2) is 5.79. The number of phenols is 2. The van der Waals surface area contributed by atoms with Crippen molar-refractivity contribution in [2.45, 2.75) is 32.4 Å². The fourth-order valence-electron chi connectivity index (χ4n) is 1.46. The van der Waals surface area contributed by atoms with Gasteiger partial charge in [0, 0.05) is 12.1 Å². The third kappa shape index (κ3) is 5.05. The summed E-state index contributed by atoms with van der Waals surface area (Å²) >= 11 is 0. The number of ether oxygens (including phenoxy) is 1. The molecule has 0 aliphatic carbocycles. The van der Waals surface area contributed by atoms with E-state index in [0.717, 1.165) is 0 Å². The predicted molar refractivity (Wildman–Crippen MR) is 70.9 cm³/mol. The summed E-state index contributed by atoms with van der Waals surface area (Å²) < 4.78 is 5.06. The number of aromatic hydroxyl groups is 2. The van der Waals surface area contributed by atoms with Gasteiger partial charge < -0.3 is 26.0 Å². The van der Waals surface area contributed by atoms with Gasteiger partial charge in [-0.05, 0) is 39.0 Å². The van der Waals surface area contributed by atoms with Crippen molar-refractivity contribution in [3.63, 3.8) is 0 Å². The molecule has 1 amide bonds. The lowest BCUT2D eigenvalue weighted by atomic mass is 10.1. The Bertz CT molecular complexity index is 454. The molecule has 106 valence electrons. The number of rotatable bonds is 3. The van der Waals surface area contributed by atoms with Crippen molar-refractivity contribution in [1.82, 2.24) is 5.32 Å². The zero-order valence-electron chi connectivity index (χ0n) is 11.3. The second-order valence-corrected chi connectivity index (χ2v) is 5.23. The standard InChI is InChI=1S/C13H20N2O4/c1-13(2,3)19-12(18)15-7-10(14)9-6-8(16)4-5-11(9)17/h4-6,10,16-17H,7,14H2,1-3H3,(H,15,18). The van der Waals surface area contributed by atoms with E-state index in [1.807, 2.05) is 0 Å². The molecular formula is C13H20N2O4.